The van der Waals surface area contributed by atoms with Crippen molar-refractivity contribution in [3.05, 3.63) is 11.4 Å². The molecular formula is C12H18N4O3. The number of amides is 1. The number of anilines is 1. The molecule has 1 aromatic rings. The number of carbonyl (C=O) groups is 1. The van der Waals surface area contributed by atoms with Crippen LogP contribution in [0.15, 0.2) is 0 Å². The molecule has 1 aliphatic carbocycles. The Labute approximate surface area is 110 Å². The molecule has 0 bridgehead atoms. The normalized spacial score (nSPS) is 23.6. The molecule has 1 saturated heterocycles. The van der Waals surface area contributed by atoms with Gasteiger partial charge in [0.25, 0.3) is 5.91 Å². The summed E-state index contributed by atoms with van der Waals surface area (Å²) >= 11 is 0. The minimum atomic E-state index is -0.318. The number of ether oxygens (including phenoxy) is 1. The zero-order chi connectivity index (χ0) is 13.4. The van der Waals surface area contributed by atoms with Crippen molar-refractivity contribution in [2.75, 3.05) is 32.1 Å². The van der Waals surface area contributed by atoms with Crippen molar-refractivity contribution in [2.24, 2.45) is 0 Å². The van der Waals surface area contributed by atoms with E-state index in [1.54, 1.807) is 4.90 Å². The molecule has 1 aromatic heterocycles. The fourth-order valence-corrected chi connectivity index (χ4v) is 2.42. The summed E-state index contributed by atoms with van der Waals surface area (Å²) in [7, 11) is 0. The van der Waals surface area contributed by atoms with Crippen LogP contribution in [-0.2, 0) is 4.74 Å². The van der Waals surface area contributed by atoms with Gasteiger partial charge in [-0.1, -0.05) is 0 Å². The van der Waals surface area contributed by atoms with Gasteiger partial charge < -0.3 is 20.5 Å². The first-order valence-corrected chi connectivity index (χ1v) is 6.55. The topological polar surface area (TPSA) is 104 Å². The van der Waals surface area contributed by atoms with E-state index in [2.05, 4.69) is 10.2 Å². The predicted molar refractivity (Wildman–Crippen MR) is 67.7 cm³/mol. The number of H-pyrrole nitrogens is 1. The average Bonchev–Trinajstić information content (AvgIpc) is 3.21. The van der Waals surface area contributed by atoms with E-state index >= 15 is 0 Å². The summed E-state index contributed by atoms with van der Waals surface area (Å²) in [6.45, 7) is 1.16. The highest BCUT2D eigenvalue weighted by molar-refractivity contribution is 5.98. The highest BCUT2D eigenvalue weighted by Gasteiger charge is 2.34. The zero-order valence-electron chi connectivity index (χ0n) is 10.6. The van der Waals surface area contributed by atoms with Gasteiger partial charge in [0, 0.05) is 12.5 Å². The van der Waals surface area contributed by atoms with Crippen molar-refractivity contribution in [1.82, 2.24) is 15.1 Å². The van der Waals surface area contributed by atoms with E-state index in [0.717, 1.165) is 18.5 Å². The summed E-state index contributed by atoms with van der Waals surface area (Å²) in [5.41, 5.74) is 7.60. The van der Waals surface area contributed by atoms with Gasteiger partial charge in [-0.25, -0.2) is 0 Å². The maximum Gasteiger partial charge on any atom is 0.277 e. The van der Waals surface area contributed by atoms with Crippen molar-refractivity contribution < 1.29 is 14.6 Å². The lowest BCUT2D eigenvalue weighted by Gasteiger charge is -2.34. The largest absolute Gasteiger partial charge is 0.395 e. The highest BCUT2D eigenvalue weighted by atomic mass is 16.5. The highest BCUT2D eigenvalue weighted by Crippen LogP contribution is 2.42. The van der Waals surface area contributed by atoms with Crippen molar-refractivity contribution in [2.45, 2.75) is 24.8 Å². The number of carbonyl (C=O) groups excluding carboxylic acids is 1. The SMILES string of the molecule is Nc1c(C(=O)N2CCOCC2CO)n[nH]c1C1CC1. The molecule has 0 radical (unpaired) electrons. The lowest BCUT2D eigenvalue weighted by atomic mass is 10.1. The molecule has 2 heterocycles. The second kappa shape index (κ2) is 4.82. The maximum atomic E-state index is 12.4. The number of nitrogen functional groups attached to an aromatic ring is 1. The van der Waals surface area contributed by atoms with Crippen LogP contribution >= 0.6 is 0 Å². The Morgan fingerprint density at radius 1 is 1.58 bits per heavy atom. The molecule has 1 atom stereocenters. The van der Waals surface area contributed by atoms with Crippen LogP contribution in [0.3, 0.4) is 0 Å². The third-order valence-electron chi connectivity index (χ3n) is 3.72. The maximum absolute atomic E-state index is 12.4. The van der Waals surface area contributed by atoms with Crippen LogP contribution in [-0.4, -0.2) is 58.5 Å². The number of aromatic nitrogens is 2. The number of nitrogens with zero attached hydrogens (tertiary/aromatic N) is 2. The van der Waals surface area contributed by atoms with Gasteiger partial charge in [0.05, 0.1) is 37.2 Å². The van der Waals surface area contributed by atoms with Crippen LogP contribution in [0.5, 0.6) is 0 Å². The van der Waals surface area contributed by atoms with E-state index in [-0.39, 0.29) is 24.2 Å². The summed E-state index contributed by atoms with van der Waals surface area (Å²) in [4.78, 5) is 14.0. The molecule has 104 valence electrons. The zero-order valence-corrected chi connectivity index (χ0v) is 10.6. The van der Waals surface area contributed by atoms with Crippen LogP contribution in [0, 0.1) is 0 Å². The van der Waals surface area contributed by atoms with Crippen molar-refractivity contribution in [3.8, 4) is 0 Å². The summed E-state index contributed by atoms with van der Waals surface area (Å²) in [6, 6.07) is -0.318. The molecular weight excluding hydrogens is 248 g/mol. The van der Waals surface area contributed by atoms with Gasteiger partial charge in [-0.15, -0.1) is 0 Å². The number of aliphatic hydroxyl groups excluding tert-OH is 1. The molecule has 4 N–H and O–H groups in total. The quantitative estimate of drug-likeness (QED) is 0.697. The third kappa shape index (κ3) is 2.19. The fraction of sp³-hybridized carbons (Fsp3) is 0.667. The molecule has 2 aliphatic rings. The van der Waals surface area contributed by atoms with Crippen LogP contribution in [0.25, 0.3) is 0 Å². The number of morpholine rings is 1. The molecule has 0 spiro atoms. The lowest BCUT2D eigenvalue weighted by Crippen LogP contribution is -2.50. The van der Waals surface area contributed by atoms with Gasteiger partial charge in [0.15, 0.2) is 5.69 Å². The van der Waals surface area contributed by atoms with Gasteiger partial charge in [-0.3, -0.25) is 9.89 Å². The summed E-state index contributed by atoms with van der Waals surface area (Å²) in [5.74, 6) is 0.190. The predicted octanol–water partition coefficient (Wildman–Crippen LogP) is -0.297. The molecule has 1 saturated carbocycles. The van der Waals surface area contributed by atoms with Gasteiger partial charge in [-0.05, 0) is 12.8 Å². The monoisotopic (exact) mass is 266 g/mol. The van der Waals surface area contributed by atoms with Crippen molar-refractivity contribution in [1.29, 1.82) is 0 Å². The molecule has 19 heavy (non-hydrogen) atoms. The van der Waals surface area contributed by atoms with E-state index in [4.69, 9.17) is 10.5 Å². The average molecular weight is 266 g/mol. The number of rotatable bonds is 3. The molecule has 1 amide bonds. The lowest BCUT2D eigenvalue weighted by molar-refractivity contribution is -0.0186. The molecule has 0 aromatic carbocycles. The summed E-state index contributed by atoms with van der Waals surface area (Å²) in [5, 5.41) is 16.2. The Hall–Kier alpha value is -1.60. The molecule has 7 nitrogen and oxygen atoms in total. The number of aliphatic hydroxyl groups is 1. The summed E-state index contributed by atoms with van der Waals surface area (Å²) < 4.78 is 5.26. The molecule has 2 fully saturated rings. The fourth-order valence-electron chi connectivity index (χ4n) is 2.42. The van der Waals surface area contributed by atoms with Gasteiger partial charge in [-0.2, -0.15) is 5.10 Å². The van der Waals surface area contributed by atoms with E-state index in [0.29, 0.717) is 31.4 Å². The van der Waals surface area contributed by atoms with E-state index in [1.165, 1.54) is 0 Å². The minimum absolute atomic E-state index is 0.119. The number of hydrogen-bond donors (Lipinski definition) is 3. The van der Waals surface area contributed by atoms with Crippen LogP contribution in [0.4, 0.5) is 5.69 Å². The Morgan fingerprint density at radius 3 is 3.05 bits per heavy atom. The smallest absolute Gasteiger partial charge is 0.277 e. The Kier molecular flexibility index (Phi) is 3.16. The van der Waals surface area contributed by atoms with E-state index in [9.17, 15) is 9.90 Å². The Balaban J connectivity index is 1.82. The Bertz CT molecular complexity index is 483. The number of nitrogens with two attached hydrogens (primary N) is 1. The number of nitrogens with one attached hydrogen (secondary N) is 1. The van der Waals surface area contributed by atoms with Crippen LogP contribution < -0.4 is 5.73 Å². The minimum Gasteiger partial charge on any atom is -0.395 e. The van der Waals surface area contributed by atoms with Crippen molar-refractivity contribution >= 4 is 11.6 Å². The van der Waals surface area contributed by atoms with Gasteiger partial charge in [0.1, 0.15) is 0 Å². The third-order valence-corrected chi connectivity index (χ3v) is 3.72. The first kappa shape index (κ1) is 12.4. The first-order chi connectivity index (χ1) is 9.22. The second-order valence-corrected chi connectivity index (χ2v) is 5.08. The number of aromatic amines is 1. The van der Waals surface area contributed by atoms with Crippen LogP contribution in [0.1, 0.15) is 34.9 Å². The summed E-state index contributed by atoms with van der Waals surface area (Å²) in [6.07, 6.45) is 2.19. The van der Waals surface area contributed by atoms with E-state index in [1.807, 2.05) is 0 Å². The first-order valence-electron chi connectivity index (χ1n) is 6.55. The second-order valence-electron chi connectivity index (χ2n) is 5.08. The van der Waals surface area contributed by atoms with E-state index < -0.39 is 0 Å². The molecule has 1 aliphatic heterocycles. The molecule has 1 unspecified atom stereocenters. The Morgan fingerprint density at radius 2 is 2.37 bits per heavy atom. The van der Waals surface area contributed by atoms with Gasteiger partial charge >= 0.3 is 0 Å². The van der Waals surface area contributed by atoms with Gasteiger partial charge in [0.2, 0.25) is 0 Å². The van der Waals surface area contributed by atoms with Crippen molar-refractivity contribution in [3.63, 3.8) is 0 Å². The standard InChI is InChI=1S/C12H18N4O3/c13-9-10(7-1-2-7)14-15-11(9)12(18)16-3-4-19-6-8(16)5-17/h7-8,17H,1-6,13H2,(H,14,15). The number of hydrogen-bond acceptors (Lipinski definition) is 5. The molecule has 3 rings (SSSR count). The molecule has 7 heteroatoms. The van der Waals surface area contributed by atoms with Crippen LogP contribution in [0.2, 0.25) is 0 Å².